The SMILES string of the molecule is CC(C)(C)c1ccc(C(C)(CCCCCCCOP(O)O)c2ccc(C(C)(C)C)cc2C(C)(C)C)c(C(C)(C)C)c1. The second-order valence-electron chi connectivity index (χ2n) is 16.5. The summed E-state index contributed by atoms with van der Waals surface area (Å²) in [5.74, 6) is 0. The first-order valence-corrected chi connectivity index (χ1v) is 16.9. The predicted molar refractivity (Wildman–Crippen MR) is 179 cm³/mol. The summed E-state index contributed by atoms with van der Waals surface area (Å²) in [4.78, 5) is 18.0. The second kappa shape index (κ2) is 13.6. The van der Waals surface area contributed by atoms with Gasteiger partial charge in [0.05, 0.1) is 6.61 Å². The lowest BCUT2D eigenvalue weighted by Crippen LogP contribution is -2.33. The van der Waals surface area contributed by atoms with E-state index in [9.17, 15) is 0 Å². The highest BCUT2D eigenvalue weighted by atomic mass is 31.2. The van der Waals surface area contributed by atoms with Crippen molar-refractivity contribution < 1.29 is 14.3 Å². The summed E-state index contributed by atoms with van der Waals surface area (Å²) in [6.07, 6.45) is 6.40. The normalized spacial score (nSPS) is 13.8. The highest BCUT2D eigenvalue weighted by Gasteiger charge is 2.38. The van der Waals surface area contributed by atoms with Crippen LogP contribution >= 0.6 is 8.60 Å². The average Bonchev–Trinajstić information content (AvgIpc) is 2.82. The van der Waals surface area contributed by atoms with Gasteiger partial charge >= 0.3 is 8.60 Å². The largest absolute Gasteiger partial charge is 0.328 e. The van der Waals surface area contributed by atoms with Gasteiger partial charge < -0.3 is 14.3 Å². The number of hydrogen-bond acceptors (Lipinski definition) is 3. The fraction of sp³-hybridized carbons (Fsp3) is 0.676. The van der Waals surface area contributed by atoms with Gasteiger partial charge in [-0.3, -0.25) is 0 Å². The fourth-order valence-electron chi connectivity index (χ4n) is 5.90. The van der Waals surface area contributed by atoms with Crippen LogP contribution in [-0.2, 0) is 31.6 Å². The van der Waals surface area contributed by atoms with Gasteiger partial charge in [0.15, 0.2) is 0 Å². The van der Waals surface area contributed by atoms with Crippen LogP contribution in [0.4, 0.5) is 0 Å². The smallest absolute Gasteiger partial charge is 0.327 e. The maximum absolute atomic E-state index is 8.98. The van der Waals surface area contributed by atoms with Crippen LogP contribution in [0.2, 0.25) is 0 Å². The Labute approximate surface area is 254 Å². The third-order valence-electron chi connectivity index (χ3n) is 8.60. The van der Waals surface area contributed by atoms with Crippen molar-refractivity contribution in [2.24, 2.45) is 0 Å². The maximum Gasteiger partial charge on any atom is 0.327 e. The molecule has 2 aromatic carbocycles. The zero-order chi connectivity index (χ0) is 31.4. The van der Waals surface area contributed by atoms with Crippen molar-refractivity contribution in [3.8, 4) is 0 Å². The third-order valence-corrected chi connectivity index (χ3v) is 9.02. The quantitative estimate of drug-likeness (QED) is 0.204. The Morgan fingerprint density at radius 1 is 0.512 bits per heavy atom. The van der Waals surface area contributed by atoms with Crippen molar-refractivity contribution in [3.63, 3.8) is 0 Å². The van der Waals surface area contributed by atoms with Crippen LogP contribution in [-0.4, -0.2) is 16.4 Å². The number of rotatable bonds is 11. The summed E-state index contributed by atoms with van der Waals surface area (Å²) in [7, 11) is -2.24. The van der Waals surface area contributed by atoms with Crippen LogP contribution in [0.3, 0.4) is 0 Å². The second-order valence-corrected chi connectivity index (χ2v) is 17.2. The van der Waals surface area contributed by atoms with E-state index in [2.05, 4.69) is 126 Å². The average molecular weight is 585 g/mol. The molecule has 0 amide bonds. The van der Waals surface area contributed by atoms with Gasteiger partial charge in [-0.25, -0.2) is 0 Å². The van der Waals surface area contributed by atoms with Crippen LogP contribution in [0.1, 0.15) is 162 Å². The van der Waals surface area contributed by atoms with Gasteiger partial charge in [0.25, 0.3) is 0 Å². The lowest BCUT2D eigenvalue weighted by atomic mass is 9.63. The van der Waals surface area contributed by atoms with E-state index in [0.717, 1.165) is 38.5 Å². The minimum atomic E-state index is -2.24. The number of unbranched alkanes of at least 4 members (excludes halogenated alkanes) is 4. The molecule has 0 unspecified atom stereocenters. The molecule has 3 nitrogen and oxygen atoms in total. The molecule has 0 bridgehead atoms. The summed E-state index contributed by atoms with van der Waals surface area (Å²) in [6.45, 7) is 30.9. The van der Waals surface area contributed by atoms with Crippen molar-refractivity contribution >= 4 is 8.60 Å². The van der Waals surface area contributed by atoms with Crippen LogP contribution in [0.5, 0.6) is 0 Å². The lowest BCUT2D eigenvalue weighted by molar-refractivity contribution is 0.248. The van der Waals surface area contributed by atoms with Crippen molar-refractivity contribution in [1.82, 2.24) is 0 Å². The van der Waals surface area contributed by atoms with E-state index in [1.807, 2.05) is 0 Å². The molecular formula is C37H61O3P. The molecule has 232 valence electrons. The zero-order valence-corrected chi connectivity index (χ0v) is 29.6. The maximum atomic E-state index is 8.98. The summed E-state index contributed by atoms with van der Waals surface area (Å²) < 4.78 is 4.95. The summed E-state index contributed by atoms with van der Waals surface area (Å²) in [6, 6.07) is 14.6. The van der Waals surface area contributed by atoms with Gasteiger partial charge in [-0.15, -0.1) is 0 Å². The number of benzene rings is 2. The molecule has 0 atom stereocenters. The van der Waals surface area contributed by atoms with E-state index < -0.39 is 8.60 Å². The molecule has 2 rings (SSSR count). The Morgan fingerprint density at radius 3 is 1.27 bits per heavy atom. The molecule has 0 saturated heterocycles. The Morgan fingerprint density at radius 2 is 0.902 bits per heavy atom. The van der Waals surface area contributed by atoms with E-state index in [4.69, 9.17) is 14.3 Å². The van der Waals surface area contributed by atoms with Crippen molar-refractivity contribution in [1.29, 1.82) is 0 Å². The van der Waals surface area contributed by atoms with Gasteiger partial charge in [-0.1, -0.05) is 152 Å². The highest BCUT2D eigenvalue weighted by Crippen LogP contribution is 2.47. The van der Waals surface area contributed by atoms with E-state index in [1.165, 1.54) is 33.4 Å². The van der Waals surface area contributed by atoms with Crippen LogP contribution < -0.4 is 0 Å². The fourth-order valence-corrected chi connectivity index (χ4v) is 6.19. The molecule has 0 aliphatic carbocycles. The Kier molecular flexibility index (Phi) is 11.9. The van der Waals surface area contributed by atoms with E-state index in [-0.39, 0.29) is 27.1 Å². The first-order chi connectivity index (χ1) is 18.6. The van der Waals surface area contributed by atoms with Crippen molar-refractivity contribution in [2.45, 2.75) is 156 Å². The minimum absolute atomic E-state index is 0.0178. The number of hydrogen-bond donors (Lipinski definition) is 2. The van der Waals surface area contributed by atoms with E-state index in [1.54, 1.807) is 0 Å². The molecule has 2 aromatic rings. The highest BCUT2D eigenvalue weighted by molar-refractivity contribution is 7.39. The molecule has 0 fully saturated rings. The molecule has 0 aromatic heterocycles. The zero-order valence-electron chi connectivity index (χ0n) is 28.7. The van der Waals surface area contributed by atoms with Gasteiger partial charge in [-0.05, 0) is 67.9 Å². The Bertz CT molecular complexity index is 1050. The van der Waals surface area contributed by atoms with E-state index >= 15 is 0 Å². The summed E-state index contributed by atoms with van der Waals surface area (Å²) in [5, 5.41) is 0. The molecule has 0 heterocycles. The molecular weight excluding hydrogens is 523 g/mol. The molecule has 0 spiro atoms. The molecule has 0 aliphatic heterocycles. The van der Waals surface area contributed by atoms with Crippen molar-refractivity contribution in [2.75, 3.05) is 6.61 Å². The van der Waals surface area contributed by atoms with Gasteiger partial charge in [0.1, 0.15) is 0 Å². The van der Waals surface area contributed by atoms with Crippen LogP contribution in [0.15, 0.2) is 36.4 Å². The van der Waals surface area contributed by atoms with E-state index in [0.29, 0.717) is 6.61 Å². The van der Waals surface area contributed by atoms with Crippen LogP contribution in [0, 0.1) is 0 Å². The summed E-state index contributed by atoms with van der Waals surface area (Å²) in [5.41, 5.74) is 8.70. The molecule has 2 N–H and O–H groups in total. The molecule has 41 heavy (non-hydrogen) atoms. The Hall–Kier alpha value is -1.25. The summed E-state index contributed by atoms with van der Waals surface area (Å²) >= 11 is 0. The third kappa shape index (κ3) is 9.89. The van der Waals surface area contributed by atoms with Gasteiger partial charge in [0.2, 0.25) is 0 Å². The predicted octanol–water partition coefficient (Wildman–Crippen LogP) is 10.8. The topological polar surface area (TPSA) is 49.7 Å². The lowest BCUT2D eigenvalue weighted by Gasteiger charge is -2.41. The van der Waals surface area contributed by atoms with Gasteiger partial charge in [0, 0.05) is 5.41 Å². The monoisotopic (exact) mass is 584 g/mol. The molecule has 0 saturated carbocycles. The van der Waals surface area contributed by atoms with Crippen molar-refractivity contribution in [3.05, 3.63) is 69.8 Å². The Balaban J connectivity index is 2.65. The molecule has 4 heteroatoms. The van der Waals surface area contributed by atoms with Crippen LogP contribution in [0.25, 0.3) is 0 Å². The minimum Gasteiger partial charge on any atom is -0.328 e. The van der Waals surface area contributed by atoms with Gasteiger partial charge in [-0.2, -0.15) is 0 Å². The molecule has 0 aliphatic rings. The first-order valence-electron chi connectivity index (χ1n) is 15.7. The molecule has 0 radical (unpaired) electrons. The standard InChI is InChI=1S/C37H61O3P/c1-33(2,3)27-19-21-29(31(25-27)35(7,8)9)37(13,23-17-15-14-16-18-24-40-41(38)39)30-22-20-28(34(4,5)6)26-32(30)36(10,11)12/h19-22,25-26,38-39H,14-18,23-24H2,1-13H3. The first kappa shape index (κ1) is 35.9.